The molecule has 0 bridgehead atoms. The van der Waals surface area contributed by atoms with Crippen LogP contribution in [0.25, 0.3) is 11.4 Å². The van der Waals surface area contributed by atoms with Crippen LogP contribution in [0.1, 0.15) is 31.7 Å². The molecule has 0 radical (unpaired) electrons. The third-order valence-corrected chi connectivity index (χ3v) is 6.24. The third-order valence-electron chi connectivity index (χ3n) is 5.29. The highest BCUT2D eigenvalue weighted by Gasteiger charge is 2.24. The van der Waals surface area contributed by atoms with Gasteiger partial charge in [-0.3, -0.25) is 14.3 Å². The van der Waals surface area contributed by atoms with Crippen LogP contribution >= 0.6 is 11.8 Å². The van der Waals surface area contributed by atoms with E-state index in [1.807, 2.05) is 35.2 Å². The number of aromatic nitrogens is 4. The molecule has 1 fully saturated rings. The smallest absolute Gasteiger partial charge is 0.233 e. The molecule has 3 heterocycles. The van der Waals surface area contributed by atoms with Crippen molar-refractivity contribution < 1.29 is 4.79 Å². The van der Waals surface area contributed by atoms with Gasteiger partial charge in [0.05, 0.1) is 12.3 Å². The largest absolute Gasteiger partial charge is 0.339 e. The van der Waals surface area contributed by atoms with Crippen LogP contribution in [-0.4, -0.2) is 48.9 Å². The molecule has 2 aromatic heterocycles. The molecule has 29 heavy (non-hydrogen) atoms. The number of pyridine rings is 1. The Morgan fingerprint density at radius 1 is 1.10 bits per heavy atom. The number of amides is 1. The van der Waals surface area contributed by atoms with Crippen LogP contribution in [0.4, 0.5) is 0 Å². The van der Waals surface area contributed by atoms with Gasteiger partial charge in [0, 0.05) is 30.5 Å². The molecule has 1 aromatic carbocycles. The molecule has 0 saturated carbocycles. The summed E-state index contributed by atoms with van der Waals surface area (Å²) in [6.45, 7) is 3.66. The molecule has 0 unspecified atom stereocenters. The van der Waals surface area contributed by atoms with Crippen LogP contribution in [-0.2, 0) is 11.3 Å². The lowest BCUT2D eigenvalue weighted by molar-refractivity contribution is -0.131. The summed E-state index contributed by atoms with van der Waals surface area (Å²) in [5.74, 6) is 1.35. The van der Waals surface area contributed by atoms with Crippen molar-refractivity contribution in [3.8, 4) is 11.4 Å². The van der Waals surface area contributed by atoms with E-state index in [1.165, 1.54) is 23.7 Å². The standard InChI is InChI=1S/C22H25N5OS/c1-17-7-5-6-14-26(17)20(28)16-29-22-25-24-21(19-10-12-23-13-11-19)27(22)15-18-8-3-2-4-9-18/h2-4,8-13,17H,5-7,14-16H2,1H3/t17-/m1/s1. The van der Waals surface area contributed by atoms with Gasteiger partial charge in [0.2, 0.25) is 5.91 Å². The molecule has 1 aliphatic rings. The topological polar surface area (TPSA) is 63.9 Å². The molecule has 7 heteroatoms. The molecule has 1 saturated heterocycles. The first-order valence-electron chi connectivity index (χ1n) is 10.0. The van der Waals surface area contributed by atoms with Crippen molar-refractivity contribution in [1.29, 1.82) is 0 Å². The fourth-order valence-corrected chi connectivity index (χ4v) is 4.52. The van der Waals surface area contributed by atoms with E-state index >= 15 is 0 Å². The molecule has 0 spiro atoms. The van der Waals surface area contributed by atoms with Crippen molar-refractivity contribution in [2.75, 3.05) is 12.3 Å². The maximum atomic E-state index is 12.8. The lowest BCUT2D eigenvalue weighted by Crippen LogP contribution is -2.43. The lowest BCUT2D eigenvalue weighted by Gasteiger charge is -2.33. The number of nitrogens with zero attached hydrogens (tertiary/aromatic N) is 5. The normalized spacial score (nSPS) is 16.7. The highest BCUT2D eigenvalue weighted by atomic mass is 32.2. The summed E-state index contributed by atoms with van der Waals surface area (Å²) in [6.07, 6.45) is 6.90. The molecule has 1 aliphatic heterocycles. The Morgan fingerprint density at radius 2 is 1.90 bits per heavy atom. The Kier molecular flexibility index (Phi) is 6.24. The maximum Gasteiger partial charge on any atom is 0.233 e. The quantitative estimate of drug-likeness (QED) is 0.580. The van der Waals surface area contributed by atoms with E-state index in [-0.39, 0.29) is 5.91 Å². The van der Waals surface area contributed by atoms with Crippen molar-refractivity contribution in [1.82, 2.24) is 24.6 Å². The minimum atomic E-state index is 0.182. The predicted molar refractivity (Wildman–Crippen MR) is 115 cm³/mol. The predicted octanol–water partition coefficient (Wildman–Crippen LogP) is 3.88. The van der Waals surface area contributed by atoms with E-state index in [1.54, 1.807) is 12.4 Å². The third kappa shape index (κ3) is 4.67. The highest BCUT2D eigenvalue weighted by Crippen LogP contribution is 2.26. The van der Waals surface area contributed by atoms with E-state index in [9.17, 15) is 4.79 Å². The number of rotatable bonds is 6. The number of benzene rings is 1. The molecule has 1 amide bonds. The van der Waals surface area contributed by atoms with Gasteiger partial charge >= 0.3 is 0 Å². The van der Waals surface area contributed by atoms with E-state index in [0.717, 1.165) is 35.9 Å². The molecular formula is C22H25N5OS. The first-order valence-corrected chi connectivity index (χ1v) is 11.0. The first kappa shape index (κ1) is 19.6. The van der Waals surface area contributed by atoms with Gasteiger partial charge in [-0.2, -0.15) is 0 Å². The molecule has 0 aliphatic carbocycles. The number of hydrogen-bond acceptors (Lipinski definition) is 5. The average Bonchev–Trinajstić information content (AvgIpc) is 3.16. The van der Waals surface area contributed by atoms with Gasteiger partial charge in [-0.25, -0.2) is 0 Å². The number of carbonyl (C=O) groups excluding carboxylic acids is 1. The van der Waals surface area contributed by atoms with Gasteiger partial charge in [-0.15, -0.1) is 10.2 Å². The van der Waals surface area contributed by atoms with Crippen LogP contribution in [0.2, 0.25) is 0 Å². The summed E-state index contributed by atoms with van der Waals surface area (Å²) in [5.41, 5.74) is 2.13. The van der Waals surface area contributed by atoms with E-state index in [4.69, 9.17) is 0 Å². The SMILES string of the molecule is C[C@@H]1CCCCN1C(=O)CSc1nnc(-c2ccncc2)n1Cc1ccccc1. The van der Waals surface area contributed by atoms with Gasteiger partial charge in [0.15, 0.2) is 11.0 Å². The molecular weight excluding hydrogens is 382 g/mol. The molecule has 150 valence electrons. The fraction of sp³-hybridized carbons (Fsp3) is 0.364. The van der Waals surface area contributed by atoms with Gasteiger partial charge in [0.25, 0.3) is 0 Å². The van der Waals surface area contributed by atoms with E-state index in [2.05, 4.69) is 38.8 Å². The Balaban J connectivity index is 1.56. The summed E-state index contributed by atoms with van der Waals surface area (Å²) < 4.78 is 2.09. The van der Waals surface area contributed by atoms with Crippen molar-refractivity contribution in [2.45, 2.75) is 43.9 Å². The fourth-order valence-electron chi connectivity index (χ4n) is 3.70. The number of likely N-dealkylation sites (tertiary alicyclic amines) is 1. The summed E-state index contributed by atoms with van der Waals surface area (Å²) in [5, 5.41) is 9.60. The minimum absolute atomic E-state index is 0.182. The van der Waals surface area contributed by atoms with Crippen molar-refractivity contribution in [3.63, 3.8) is 0 Å². The monoisotopic (exact) mass is 407 g/mol. The van der Waals surface area contributed by atoms with Crippen LogP contribution in [0, 0.1) is 0 Å². The second-order valence-electron chi connectivity index (χ2n) is 7.33. The summed E-state index contributed by atoms with van der Waals surface area (Å²) >= 11 is 1.47. The van der Waals surface area contributed by atoms with E-state index in [0.29, 0.717) is 18.3 Å². The van der Waals surface area contributed by atoms with Crippen LogP contribution in [0.5, 0.6) is 0 Å². The highest BCUT2D eigenvalue weighted by molar-refractivity contribution is 7.99. The zero-order valence-corrected chi connectivity index (χ0v) is 17.4. The zero-order chi connectivity index (χ0) is 20.1. The number of carbonyl (C=O) groups is 1. The Labute approximate surface area is 175 Å². The second kappa shape index (κ2) is 9.22. The van der Waals surface area contributed by atoms with Crippen LogP contribution in [0.3, 0.4) is 0 Å². The second-order valence-corrected chi connectivity index (χ2v) is 8.28. The van der Waals surface area contributed by atoms with Gasteiger partial charge < -0.3 is 4.90 Å². The number of hydrogen-bond donors (Lipinski definition) is 0. The van der Waals surface area contributed by atoms with Crippen molar-refractivity contribution in [2.24, 2.45) is 0 Å². The average molecular weight is 408 g/mol. The Hall–Kier alpha value is -2.67. The minimum Gasteiger partial charge on any atom is -0.339 e. The van der Waals surface area contributed by atoms with Gasteiger partial charge in [0.1, 0.15) is 0 Å². The van der Waals surface area contributed by atoms with Gasteiger partial charge in [-0.1, -0.05) is 42.1 Å². The summed E-state index contributed by atoms with van der Waals surface area (Å²) in [4.78, 5) is 18.9. The molecule has 1 atom stereocenters. The zero-order valence-electron chi connectivity index (χ0n) is 16.6. The Bertz CT molecular complexity index is 944. The summed E-state index contributed by atoms with van der Waals surface area (Å²) in [6, 6.07) is 14.4. The van der Waals surface area contributed by atoms with E-state index < -0.39 is 0 Å². The maximum absolute atomic E-state index is 12.8. The number of piperidine rings is 1. The van der Waals surface area contributed by atoms with Crippen LogP contribution in [0.15, 0.2) is 60.0 Å². The first-order chi connectivity index (χ1) is 14.2. The van der Waals surface area contributed by atoms with Crippen molar-refractivity contribution >= 4 is 17.7 Å². The lowest BCUT2D eigenvalue weighted by atomic mass is 10.0. The molecule has 0 N–H and O–H groups in total. The Morgan fingerprint density at radius 3 is 2.66 bits per heavy atom. The molecule has 4 rings (SSSR count). The van der Waals surface area contributed by atoms with Crippen molar-refractivity contribution in [3.05, 3.63) is 60.4 Å². The molecule has 3 aromatic rings. The van der Waals surface area contributed by atoms with Gasteiger partial charge in [-0.05, 0) is 43.9 Å². The number of thioether (sulfide) groups is 1. The summed E-state index contributed by atoms with van der Waals surface area (Å²) in [7, 11) is 0. The molecule has 6 nitrogen and oxygen atoms in total. The van der Waals surface area contributed by atoms with Crippen LogP contribution < -0.4 is 0 Å².